The van der Waals surface area contributed by atoms with Crippen LogP contribution in [-0.4, -0.2) is 26.9 Å². The maximum absolute atomic E-state index is 13.3. The van der Waals surface area contributed by atoms with Crippen molar-refractivity contribution >= 4 is 21.6 Å². The predicted molar refractivity (Wildman–Crippen MR) is 109 cm³/mol. The van der Waals surface area contributed by atoms with Gasteiger partial charge in [-0.1, -0.05) is 43.7 Å². The van der Waals surface area contributed by atoms with E-state index in [1.54, 1.807) is 36.4 Å². The summed E-state index contributed by atoms with van der Waals surface area (Å²) < 4.78 is 27.8. The molecule has 1 amide bonds. The van der Waals surface area contributed by atoms with Crippen LogP contribution in [0.4, 0.5) is 5.69 Å². The van der Waals surface area contributed by atoms with Crippen LogP contribution in [0.2, 0.25) is 0 Å². The van der Waals surface area contributed by atoms with Crippen molar-refractivity contribution in [1.82, 2.24) is 5.32 Å². The van der Waals surface area contributed by atoms with Crippen LogP contribution >= 0.6 is 0 Å². The number of hydrogen-bond acceptors (Lipinski definition) is 3. The van der Waals surface area contributed by atoms with E-state index in [1.165, 1.54) is 4.31 Å². The van der Waals surface area contributed by atoms with Crippen molar-refractivity contribution in [3.05, 3.63) is 59.7 Å². The third-order valence-electron chi connectivity index (χ3n) is 4.59. The lowest BCUT2D eigenvalue weighted by Gasteiger charge is -2.27. The Morgan fingerprint density at radius 2 is 1.74 bits per heavy atom. The highest BCUT2D eigenvalue weighted by atomic mass is 32.2. The van der Waals surface area contributed by atoms with E-state index in [9.17, 15) is 13.2 Å². The molecule has 2 aromatic rings. The molecule has 0 radical (unpaired) electrons. The monoisotopic (exact) mass is 388 g/mol. The fourth-order valence-corrected chi connectivity index (χ4v) is 4.48. The molecular formula is C21H28N2O3S. The topological polar surface area (TPSA) is 66.5 Å². The van der Waals surface area contributed by atoms with Crippen molar-refractivity contribution in [2.24, 2.45) is 0 Å². The van der Waals surface area contributed by atoms with E-state index in [4.69, 9.17) is 0 Å². The number of anilines is 1. The number of rotatable bonds is 8. The molecule has 1 atom stereocenters. The fraction of sp³-hybridized carbons (Fsp3) is 0.381. The Balaban J connectivity index is 2.43. The van der Waals surface area contributed by atoms with Crippen molar-refractivity contribution < 1.29 is 13.2 Å². The summed E-state index contributed by atoms with van der Waals surface area (Å²) in [7, 11) is -3.86. The first-order valence-corrected chi connectivity index (χ1v) is 10.6. The molecule has 0 saturated heterocycles. The van der Waals surface area contributed by atoms with Crippen molar-refractivity contribution in [2.45, 2.75) is 51.5 Å². The number of aryl methyl sites for hydroxylation is 1. The van der Waals surface area contributed by atoms with Gasteiger partial charge < -0.3 is 5.32 Å². The van der Waals surface area contributed by atoms with Crippen LogP contribution in [0.3, 0.4) is 0 Å². The second kappa shape index (κ2) is 9.04. The molecule has 2 rings (SSSR count). The van der Waals surface area contributed by atoms with E-state index in [2.05, 4.69) is 5.32 Å². The second-order valence-electron chi connectivity index (χ2n) is 6.80. The lowest BCUT2D eigenvalue weighted by Crippen LogP contribution is -2.43. The molecule has 0 aliphatic rings. The molecule has 27 heavy (non-hydrogen) atoms. The number of carbonyl (C=O) groups excluding carboxylic acids is 1. The minimum absolute atomic E-state index is 0.00221. The first kappa shape index (κ1) is 21.0. The van der Waals surface area contributed by atoms with Gasteiger partial charge in [0, 0.05) is 6.04 Å². The normalized spacial score (nSPS) is 12.4. The van der Waals surface area contributed by atoms with E-state index >= 15 is 0 Å². The molecule has 1 N–H and O–H groups in total. The summed E-state index contributed by atoms with van der Waals surface area (Å²) in [6.45, 7) is 7.52. The van der Waals surface area contributed by atoms with Gasteiger partial charge in [-0.25, -0.2) is 8.42 Å². The van der Waals surface area contributed by atoms with Crippen LogP contribution in [0.15, 0.2) is 53.4 Å². The summed E-state index contributed by atoms with van der Waals surface area (Å²) in [4.78, 5) is 12.7. The highest BCUT2D eigenvalue weighted by molar-refractivity contribution is 7.92. The molecule has 0 fully saturated rings. The van der Waals surface area contributed by atoms with Crippen molar-refractivity contribution in [1.29, 1.82) is 0 Å². The number of hydrogen-bond donors (Lipinski definition) is 1. The summed E-state index contributed by atoms with van der Waals surface area (Å²) in [5.74, 6) is -0.309. The van der Waals surface area contributed by atoms with Crippen LogP contribution in [0.1, 0.15) is 37.8 Å². The van der Waals surface area contributed by atoms with Crippen molar-refractivity contribution in [3.8, 4) is 0 Å². The average Bonchev–Trinajstić information content (AvgIpc) is 2.63. The number of nitrogens with one attached hydrogen (secondary N) is 1. The van der Waals surface area contributed by atoms with Gasteiger partial charge >= 0.3 is 0 Å². The molecule has 0 unspecified atom stereocenters. The average molecular weight is 389 g/mol. The molecule has 0 bridgehead atoms. The maximum Gasteiger partial charge on any atom is 0.264 e. The number of sulfonamides is 1. The zero-order chi connectivity index (χ0) is 20.0. The zero-order valence-corrected chi connectivity index (χ0v) is 17.2. The molecule has 0 aliphatic heterocycles. The predicted octanol–water partition coefficient (Wildman–Crippen LogP) is 3.80. The SMILES string of the molecule is CCC[C@@H](C)NC(=O)CN(c1cccc(C)c1C)S(=O)(=O)c1ccccc1. The van der Waals surface area contributed by atoms with Gasteiger partial charge in [-0.15, -0.1) is 0 Å². The molecule has 5 nitrogen and oxygen atoms in total. The Kier molecular flexibility index (Phi) is 7.02. The minimum atomic E-state index is -3.86. The van der Waals surface area contributed by atoms with Gasteiger partial charge in [0.15, 0.2) is 0 Å². The number of nitrogens with zero attached hydrogens (tertiary/aromatic N) is 1. The Morgan fingerprint density at radius 1 is 1.07 bits per heavy atom. The van der Waals surface area contributed by atoms with E-state index in [0.717, 1.165) is 24.0 Å². The maximum atomic E-state index is 13.3. The van der Waals surface area contributed by atoms with Crippen LogP contribution < -0.4 is 9.62 Å². The highest BCUT2D eigenvalue weighted by Gasteiger charge is 2.28. The fourth-order valence-electron chi connectivity index (χ4n) is 2.98. The van der Waals surface area contributed by atoms with Gasteiger partial charge in [-0.2, -0.15) is 0 Å². The molecule has 0 saturated carbocycles. The molecule has 0 heterocycles. The third kappa shape index (κ3) is 5.10. The Morgan fingerprint density at radius 3 is 2.37 bits per heavy atom. The van der Waals surface area contributed by atoms with Crippen molar-refractivity contribution in [3.63, 3.8) is 0 Å². The Hall–Kier alpha value is -2.34. The van der Waals surface area contributed by atoms with E-state index in [1.807, 2.05) is 39.8 Å². The summed E-state index contributed by atoms with van der Waals surface area (Å²) in [6, 6.07) is 13.7. The first-order valence-electron chi connectivity index (χ1n) is 9.20. The summed E-state index contributed by atoms with van der Waals surface area (Å²) in [6.07, 6.45) is 1.80. The standard InChI is InChI=1S/C21H28N2O3S/c1-5-10-17(3)22-21(24)15-23(20-14-9-11-16(2)18(20)4)27(25,26)19-12-7-6-8-13-19/h6-9,11-14,17H,5,10,15H2,1-4H3,(H,22,24)/t17-/m1/s1. The molecule has 0 aliphatic carbocycles. The molecule has 0 aromatic heterocycles. The van der Waals surface area contributed by atoms with E-state index in [0.29, 0.717) is 5.69 Å². The molecule has 6 heteroatoms. The van der Waals surface area contributed by atoms with Crippen molar-refractivity contribution in [2.75, 3.05) is 10.8 Å². The van der Waals surface area contributed by atoms with Gasteiger partial charge in [0.1, 0.15) is 6.54 Å². The van der Waals surface area contributed by atoms with Crippen LogP contribution in [0, 0.1) is 13.8 Å². The molecular weight excluding hydrogens is 360 g/mol. The van der Waals surface area contributed by atoms with Gasteiger partial charge in [0.05, 0.1) is 10.6 Å². The van der Waals surface area contributed by atoms with Gasteiger partial charge in [-0.05, 0) is 56.5 Å². The lowest BCUT2D eigenvalue weighted by atomic mass is 10.1. The largest absolute Gasteiger partial charge is 0.352 e. The van der Waals surface area contributed by atoms with Gasteiger partial charge in [-0.3, -0.25) is 9.10 Å². The Labute approximate surface area is 162 Å². The summed E-state index contributed by atoms with van der Waals surface area (Å²) in [5.41, 5.74) is 2.34. The third-order valence-corrected chi connectivity index (χ3v) is 6.37. The zero-order valence-electron chi connectivity index (χ0n) is 16.4. The van der Waals surface area contributed by atoms with E-state index in [-0.39, 0.29) is 23.4 Å². The quantitative estimate of drug-likeness (QED) is 0.748. The smallest absolute Gasteiger partial charge is 0.264 e. The lowest BCUT2D eigenvalue weighted by molar-refractivity contribution is -0.120. The Bertz CT molecular complexity index is 880. The summed E-state index contributed by atoms with van der Waals surface area (Å²) in [5, 5.41) is 2.89. The van der Waals surface area contributed by atoms with Gasteiger partial charge in [0.2, 0.25) is 5.91 Å². The second-order valence-corrected chi connectivity index (χ2v) is 8.66. The first-order chi connectivity index (χ1) is 12.8. The molecule has 0 spiro atoms. The number of benzene rings is 2. The van der Waals surface area contributed by atoms with Crippen LogP contribution in [-0.2, 0) is 14.8 Å². The van der Waals surface area contributed by atoms with Gasteiger partial charge in [0.25, 0.3) is 10.0 Å². The molecule has 146 valence electrons. The number of carbonyl (C=O) groups is 1. The highest BCUT2D eigenvalue weighted by Crippen LogP contribution is 2.28. The van der Waals surface area contributed by atoms with E-state index < -0.39 is 10.0 Å². The summed E-state index contributed by atoms with van der Waals surface area (Å²) >= 11 is 0. The van der Waals surface area contributed by atoms with Crippen LogP contribution in [0.5, 0.6) is 0 Å². The number of amides is 1. The molecule has 2 aromatic carbocycles. The minimum Gasteiger partial charge on any atom is -0.352 e. The van der Waals surface area contributed by atoms with Crippen LogP contribution in [0.25, 0.3) is 0 Å².